The van der Waals surface area contributed by atoms with Gasteiger partial charge in [0.1, 0.15) is 0 Å². The predicted octanol–water partition coefficient (Wildman–Crippen LogP) is 2.91. The molecule has 0 heterocycles. The van der Waals surface area contributed by atoms with E-state index in [1.54, 1.807) is 6.26 Å². The number of benzene rings is 1. The summed E-state index contributed by atoms with van der Waals surface area (Å²) >= 11 is 0. The third kappa shape index (κ3) is 5.87. The van der Waals surface area contributed by atoms with E-state index in [1.807, 2.05) is 24.3 Å². The maximum atomic E-state index is 11.8. The van der Waals surface area contributed by atoms with Crippen LogP contribution in [0.1, 0.15) is 33.3 Å². The van der Waals surface area contributed by atoms with Crippen LogP contribution in [0.3, 0.4) is 0 Å². The number of nitrogens with one attached hydrogen (secondary N) is 2. The second-order valence-electron chi connectivity index (χ2n) is 6.28. The molecule has 0 saturated carbocycles. The minimum Gasteiger partial charge on any atom is -0.338 e. The molecule has 0 radical (unpaired) electrons. The lowest BCUT2D eigenvalue weighted by Gasteiger charge is -2.29. The van der Waals surface area contributed by atoms with Crippen molar-refractivity contribution in [2.75, 3.05) is 12.8 Å². The fourth-order valence-electron chi connectivity index (χ4n) is 1.56. The van der Waals surface area contributed by atoms with Gasteiger partial charge in [-0.15, -0.1) is 0 Å². The lowest BCUT2D eigenvalue weighted by molar-refractivity contribution is 0.215. The largest absolute Gasteiger partial charge is 0.338 e. The van der Waals surface area contributed by atoms with Gasteiger partial charge in [-0.2, -0.15) is 0 Å². The molecule has 1 aromatic carbocycles. The Morgan fingerprint density at radius 1 is 1.19 bits per heavy atom. The minimum absolute atomic E-state index is 0.0736. The molecule has 0 aliphatic carbocycles. The molecule has 2 amide bonds. The van der Waals surface area contributed by atoms with Gasteiger partial charge in [-0.25, -0.2) is 4.79 Å². The fraction of sp³-hybridized carbons (Fsp3) is 0.562. The van der Waals surface area contributed by atoms with Crippen LogP contribution in [0.2, 0.25) is 0 Å². The maximum absolute atomic E-state index is 11.8. The van der Waals surface area contributed by atoms with Crippen molar-refractivity contribution in [3.05, 3.63) is 29.8 Å². The van der Waals surface area contributed by atoms with E-state index in [0.717, 1.165) is 10.5 Å². The number of urea groups is 1. The van der Waals surface area contributed by atoms with Crippen LogP contribution in [0.15, 0.2) is 29.2 Å². The van der Waals surface area contributed by atoms with E-state index in [4.69, 9.17) is 0 Å². The SMILES string of the molecule is CC(C)C(C)(C)CNC(=O)NCc1ccc([S@@](C)=O)cc1. The van der Waals surface area contributed by atoms with E-state index < -0.39 is 10.8 Å². The van der Waals surface area contributed by atoms with Crippen LogP contribution in [0.4, 0.5) is 4.79 Å². The van der Waals surface area contributed by atoms with E-state index in [1.165, 1.54) is 0 Å². The molecule has 2 N–H and O–H groups in total. The highest BCUT2D eigenvalue weighted by atomic mass is 32.2. The first-order valence-corrected chi connectivity index (χ1v) is 8.72. The van der Waals surface area contributed by atoms with Gasteiger partial charge in [0.25, 0.3) is 0 Å². The van der Waals surface area contributed by atoms with Gasteiger partial charge in [-0.1, -0.05) is 39.8 Å². The molecule has 21 heavy (non-hydrogen) atoms. The first-order valence-electron chi connectivity index (χ1n) is 7.16. The second kappa shape index (κ2) is 7.59. The summed E-state index contributed by atoms with van der Waals surface area (Å²) in [5.41, 5.74) is 1.06. The van der Waals surface area contributed by atoms with Crippen molar-refractivity contribution in [1.82, 2.24) is 10.6 Å². The smallest absolute Gasteiger partial charge is 0.315 e. The highest BCUT2D eigenvalue weighted by Crippen LogP contribution is 2.24. The van der Waals surface area contributed by atoms with E-state index in [-0.39, 0.29) is 11.4 Å². The molecule has 0 spiro atoms. The summed E-state index contributed by atoms with van der Waals surface area (Å²) in [6.07, 6.45) is 1.65. The number of carbonyl (C=O) groups is 1. The van der Waals surface area contributed by atoms with Gasteiger partial charge in [0.2, 0.25) is 0 Å². The topological polar surface area (TPSA) is 58.2 Å². The molecule has 0 aliphatic heterocycles. The molecule has 0 bridgehead atoms. The Morgan fingerprint density at radius 3 is 2.24 bits per heavy atom. The summed E-state index contributed by atoms with van der Waals surface area (Å²) in [4.78, 5) is 12.6. The zero-order valence-electron chi connectivity index (χ0n) is 13.5. The molecule has 0 saturated heterocycles. The molecule has 0 aromatic heterocycles. The Bertz CT molecular complexity index is 496. The van der Waals surface area contributed by atoms with Crippen LogP contribution in [-0.4, -0.2) is 23.0 Å². The first kappa shape index (κ1) is 17.7. The van der Waals surface area contributed by atoms with Gasteiger partial charge in [-0.05, 0) is 29.0 Å². The van der Waals surface area contributed by atoms with Crippen molar-refractivity contribution in [3.8, 4) is 0 Å². The monoisotopic (exact) mass is 310 g/mol. The number of amides is 2. The Balaban J connectivity index is 2.41. The van der Waals surface area contributed by atoms with Gasteiger partial charge in [0.05, 0.1) is 0 Å². The quantitative estimate of drug-likeness (QED) is 0.849. The summed E-state index contributed by atoms with van der Waals surface area (Å²) < 4.78 is 11.3. The van der Waals surface area contributed by atoms with Gasteiger partial charge in [0, 0.05) is 35.0 Å². The molecule has 0 aliphatic rings. The molecule has 4 nitrogen and oxygen atoms in total. The zero-order valence-corrected chi connectivity index (χ0v) is 14.3. The van der Waals surface area contributed by atoms with Crippen molar-refractivity contribution in [2.45, 2.75) is 39.1 Å². The molecule has 0 fully saturated rings. The number of carbonyl (C=O) groups excluding carboxylic acids is 1. The predicted molar refractivity (Wildman–Crippen MR) is 87.6 cm³/mol. The summed E-state index contributed by atoms with van der Waals surface area (Å²) in [5, 5.41) is 5.74. The molecule has 1 aromatic rings. The van der Waals surface area contributed by atoms with Crippen molar-refractivity contribution < 1.29 is 9.00 Å². The molecular formula is C16H26N2O2S. The summed E-state index contributed by atoms with van der Waals surface area (Å²) in [5.74, 6) is 0.500. The zero-order chi connectivity index (χ0) is 16.0. The minimum atomic E-state index is -0.967. The fourth-order valence-corrected chi connectivity index (χ4v) is 2.08. The van der Waals surface area contributed by atoms with Crippen molar-refractivity contribution in [3.63, 3.8) is 0 Å². The Morgan fingerprint density at radius 2 is 1.76 bits per heavy atom. The molecule has 118 valence electrons. The van der Waals surface area contributed by atoms with Crippen LogP contribution in [0.25, 0.3) is 0 Å². The molecule has 5 heteroatoms. The average Bonchev–Trinajstić information content (AvgIpc) is 2.43. The third-order valence-corrected chi connectivity index (χ3v) is 4.91. The number of rotatable bonds is 6. The lowest BCUT2D eigenvalue weighted by Crippen LogP contribution is -2.42. The van der Waals surface area contributed by atoms with Crippen molar-refractivity contribution >= 4 is 16.8 Å². The molecule has 1 atom stereocenters. The Hall–Kier alpha value is -1.36. The van der Waals surface area contributed by atoms with Gasteiger partial charge in [-0.3, -0.25) is 4.21 Å². The Labute approximate surface area is 130 Å². The third-order valence-electron chi connectivity index (χ3n) is 3.98. The summed E-state index contributed by atoms with van der Waals surface area (Å²) in [7, 11) is -0.967. The van der Waals surface area contributed by atoms with Crippen molar-refractivity contribution in [1.29, 1.82) is 0 Å². The van der Waals surface area contributed by atoms with Crippen LogP contribution < -0.4 is 10.6 Å². The number of hydrogen-bond acceptors (Lipinski definition) is 2. The second-order valence-corrected chi connectivity index (χ2v) is 7.66. The van der Waals surface area contributed by atoms with Gasteiger partial charge in [0.15, 0.2) is 0 Å². The van der Waals surface area contributed by atoms with Crippen LogP contribution in [-0.2, 0) is 17.3 Å². The summed E-state index contributed by atoms with van der Waals surface area (Å²) in [6.45, 7) is 9.69. The van der Waals surface area contributed by atoms with Crippen LogP contribution in [0.5, 0.6) is 0 Å². The highest BCUT2D eigenvalue weighted by Gasteiger charge is 2.22. The summed E-state index contributed by atoms with van der Waals surface area (Å²) in [6, 6.07) is 7.26. The first-order chi connectivity index (χ1) is 9.72. The van der Waals surface area contributed by atoms with E-state index >= 15 is 0 Å². The van der Waals surface area contributed by atoms with Crippen LogP contribution >= 0.6 is 0 Å². The van der Waals surface area contributed by atoms with Gasteiger partial charge < -0.3 is 10.6 Å². The average molecular weight is 310 g/mol. The molecular weight excluding hydrogens is 284 g/mol. The van der Waals surface area contributed by atoms with Gasteiger partial charge >= 0.3 is 6.03 Å². The maximum Gasteiger partial charge on any atom is 0.315 e. The number of hydrogen-bond donors (Lipinski definition) is 2. The van der Waals surface area contributed by atoms with E-state index in [0.29, 0.717) is 19.0 Å². The van der Waals surface area contributed by atoms with Crippen LogP contribution in [0, 0.1) is 11.3 Å². The Kier molecular flexibility index (Phi) is 6.40. The standard InChI is InChI=1S/C16H26N2O2S/c1-12(2)16(3,4)11-18-15(19)17-10-13-6-8-14(9-7-13)21(5)20/h6-9,12H,10-11H2,1-5H3,(H2,17,18,19)/t21-/m1/s1. The normalized spacial score (nSPS) is 13.0. The highest BCUT2D eigenvalue weighted by molar-refractivity contribution is 7.84. The van der Waals surface area contributed by atoms with E-state index in [2.05, 4.69) is 38.3 Å². The van der Waals surface area contributed by atoms with E-state index in [9.17, 15) is 9.00 Å². The molecule has 0 unspecified atom stereocenters. The van der Waals surface area contributed by atoms with Crippen molar-refractivity contribution in [2.24, 2.45) is 11.3 Å². The molecule has 1 rings (SSSR count). The lowest BCUT2D eigenvalue weighted by atomic mass is 9.81.